The molecule has 0 bridgehead atoms. The molecule has 0 spiro atoms. The number of amides is 2. The number of nitrogens with one attached hydrogen (secondary N) is 1. The van der Waals surface area contributed by atoms with Gasteiger partial charge in [0, 0.05) is 19.0 Å². The molecule has 33 heavy (non-hydrogen) atoms. The topological polar surface area (TPSA) is 86.8 Å². The fraction of sp³-hybridized carbons (Fsp3) is 0.280. The van der Waals surface area contributed by atoms with Crippen molar-refractivity contribution < 1.29 is 18.0 Å². The van der Waals surface area contributed by atoms with Gasteiger partial charge in [-0.25, -0.2) is 8.42 Å². The second-order valence-corrected chi connectivity index (χ2v) is 9.79. The van der Waals surface area contributed by atoms with E-state index < -0.39 is 28.5 Å². The molecule has 7 nitrogen and oxygen atoms in total. The number of nitrogens with zero attached hydrogens (tertiary/aromatic N) is 2. The van der Waals surface area contributed by atoms with Crippen molar-refractivity contribution in [3.63, 3.8) is 0 Å². The predicted molar refractivity (Wildman–Crippen MR) is 132 cm³/mol. The Bertz CT molecular complexity index is 1220. The van der Waals surface area contributed by atoms with E-state index in [9.17, 15) is 18.0 Å². The molecule has 2 amide bonds. The summed E-state index contributed by atoms with van der Waals surface area (Å²) < 4.78 is 26.6. The zero-order valence-electron chi connectivity index (χ0n) is 19.1. The van der Waals surface area contributed by atoms with Gasteiger partial charge >= 0.3 is 0 Å². The van der Waals surface area contributed by atoms with Crippen LogP contribution in [0.15, 0.2) is 72.8 Å². The molecule has 174 valence electrons. The number of sulfonamides is 1. The first kappa shape index (κ1) is 24.3. The molecule has 1 atom stereocenters. The van der Waals surface area contributed by atoms with Gasteiger partial charge in [-0.3, -0.25) is 13.9 Å². The van der Waals surface area contributed by atoms with E-state index in [1.165, 1.54) is 11.9 Å². The van der Waals surface area contributed by atoms with E-state index in [-0.39, 0.29) is 12.5 Å². The standard InChI is InChI=1S/C25H29N3O4S/c1-19(25(30)26-2)27(17-16-20-10-5-4-6-11-20)24(29)18-28(33(3,31)32)23-15-9-13-21-12-7-8-14-22(21)23/h4-15,19H,16-18H2,1-3H3,(H,26,30)/t19-/m1/s1. The van der Waals surface area contributed by atoms with Crippen molar-refractivity contribution in [3.8, 4) is 0 Å². The first-order valence-electron chi connectivity index (χ1n) is 10.7. The molecule has 0 fully saturated rings. The van der Waals surface area contributed by atoms with Crippen molar-refractivity contribution in [2.24, 2.45) is 0 Å². The third-order valence-corrected chi connectivity index (χ3v) is 6.74. The predicted octanol–water partition coefficient (Wildman–Crippen LogP) is 2.81. The second-order valence-electron chi connectivity index (χ2n) is 7.88. The maximum Gasteiger partial charge on any atom is 0.244 e. The lowest BCUT2D eigenvalue weighted by Gasteiger charge is -2.31. The zero-order valence-corrected chi connectivity index (χ0v) is 19.9. The number of rotatable bonds is 9. The first-order valence-corrected chi connectivity index (χ1v) is 12.6. The van der Waals surface area contributed by atoms with Crippen molar-refractivity contribution in [3.05, 3.63) is 78.4 Å². The van der Waals surface area contributed by atoms with Crippen LogP contribution in [0.5, 0.6) is 0 Å². The highest BCUT2D eigenvalue weighted by Gasteiger charge is 2.29. The molecule has 0 saturated heterocycles. The Morgan fingerprint density at radius 2 is 1.58 bits per heavy atom. The fourth-order valence-corrected chi connectivity index (χ4v) is 4.66. The average Bonchev–Trinajstić information content (AvgIpc) is 2.81. The summed E-state index contributed by atoms with van der Waals surface area (Å²) in [6, 6.07) is 21.6. The van der Waals surface area contributed by atoms with E-state index in [1.807, 2.05) is 60.7 Å². The largest absolute Gasteiger partial charge is 0.357 e. The lowest BCUT2D eigenvalue weighted by Crippen LogP contribution is -2.51. The molecule has 1 N–H and O–H groups in total. The van der Waals surface area contributed by atoms with Crippen molar-refractivity contribution >= 4 is 38.3 Å². The number of hydrogen-bond donors (Lipinski definition) is 1. The Morgan fingerprint density at radius 3 is 2.24 bits per heavy atom. The van der Waals surface area contributed by atoms with Gasteiger partial charge in [0.1, 0.15) is 12.6 Å². The Labute approximate surface area is 195 Å². The number of fused-ring (bicyclic) bond motifs is 1. The Balaban J connectivity index is 1.93. The monoisotopic (exact) mass is 467 g/mol. The lowest BCUT2D eigenvalue weighted by molar-refractivity contribution is -0.138. The Kier molecular flexibility index (Phi) is 7.71. The highest BCUT2D eigenvalue weighted by Crippen LogP contribution is 2.28. The van der Waals surface area contributed by atoms with Gasteiger partial charge < -0.3 is 10.2 Å². The highest BCUT2D eigenvalue weighted by molar-refractivity contribution is 7.92. The van der Waals surface area contributed by atoms with Crippen LogP contribution >= 0.6 is 0 Å². The summed E-state index contributed by atoms with van der Waals surface area (Å²) in [7, 11) is -2.26. The van der Waals surface area contributed by atoms with E-state index in [0.717, 1.165) is 26.9 Å². The highest BCUT2D eigenvalue weighted by atomic mass is 32.2. The van der Waals surface area contributed by atoms with Crippen molar-refractivity contribution in [1.29, 1.82) is 0 Å². The normalized spacial score (nSPS) is 12.2. The summed E-state index contributed by atoms with van der Waals surface area (Å²) >= 11 is 0. The number of benzene rings is 3. The molecular formula is C25H29N3O4S. The fourth-order valence-electron chi connectivity index (χ4n) is 3.80. The van der Waals surface area contributed by atoms with Crippen LogP contribution in [0.4, 0.5) is 5.69 Å². The van der Waals surface area contributed by atoms with Gasteiger partial charge in [-0.1, -0.05) is 66.7 Å². The van der Waals surface area contributed by atoms with Gasteiger partial charge in [0.2, 0.25) is 21.8 Å². The SMILES string of the molecule is CNC(=O)[C@@H](C)N(CCc1ccccc1)C(=O)CN(c1cccc2ccccc12)S(C)(=O)=O. The van der Waals surface area contributed by atoms with Crippen LogP contribution in [-0.2, 0) is 26.0 Å². The summed E-state index contributed by atoms with van der Waals surface area (Å²) in [4.78, 5) is 27.2. The molecule has 0 radical (unpaired) electrons. The van der Waals surface area contributed by atoms with Crippen LogP contribution in [0.25, 0.3) is 10.8 Å². The molecule has 0 unspecified atom stereocenters. The number of carbonyl (C=O) groups is 2. The van der Waals surface area contributed by atoms with Crippen LogP contribution in [0.1, 0.15) is 12.5 Å². The smallest absolute Gasteiger partial charge is 0.244 e. The van der Waals surface area contributed by atoms with Gasteiger partial charge in [0.05, 0.1) is 11.9 Å². The molecule has 0 aromatic heterocycles. The third-order valence-electron chi connectivity index (χ3n) is 5.61. The van der Waals surface area contributed by atoms with Gasteiger partial charge in [0.15, 0.2) is 0 Å². The van der Waals surface area contributed by atoms with Gasteiger partial charge in [-0.05, 0) is 30.4 Å². The second kappa shape index (κ2) is 10.5. The van der Waals surface area contributed by atoms with E-state index >= 15 is 0 Å². The maximum atomic E-state index is 13.4. The first-order chi connectivity index (χ1) is 15.7. The van der Waals surface area contributed by atoms with Crippen LogP contribution in [-0.4, -0.2) is 57.6 Å². The lowest BCUT2D eigenvalue weighted by atomic mass is 10.1. The van der Waals surface area contributed by atoms with Crippen molar-refractivity contribution in [1.82, 2.24) is 10.2 Å². The molecule has 3 rings (SSSR count). The maximum absolute atomic E-state index is 13.4. The van der Waals surface area contributed by atoms with E-state index in [0.29, 0.717) is 12.1 Å². The van der Waals surface area contributed by atoms with Crippen LogP contribution in [0, 0.1) is 0 Å². The molecule has 0 aliphatic rings. The minimum atomic E-state index is -3.77. The summed E-state index contributed by atoms with van der Waals surface area (Å²) in [5.41, 5.74) is 1.45. The third kappa shape index (κ3) is 5.90. The summed E-state index contributed by atoms with van der Waals surface area (Å²) in [5, 5.41) is 4.17. The van der Waals surface area contributed by atoms with E-state index in [4.69, 9.17) is 0 Å². The Hall–Kier alpha value is -3.39. The van der Waals surface area contributed by atoms with E-state index in [2.05, 4.69) is 5.32 Å². The van der Waals surface area contributed by atoms with E-state index in [1.54, 1.807) is 19.1 Å². The molecule has 0 aliphatic carbocycles. The minimum Gasteiger partial charge on any atom is -0.357 e. The van der Waals surface area contributed by atoms with Crippen LogP contribution in [0.3, 0.4) is 0 Å². The molecule has 3 aromatic rings. The number of carbonyl (C=O) groups excluding carboxylic acids is 2. The molecule has 0 aliphatic heterocycles. The molecule has 0 heterocycles. The Morgan fingerprint density at radius 1 is 0.939 bits per heavy atom. The van der Waals surface area contributed by atoms with Crippen molar-refractivity contribution in [2.75, 3.05) is 30.7 Å². The molecular weight excluding hydrogens is 438 g/mol. The molecule has 3 aromatic carbocycles. The van der Waals surface area contributed by atoms with Gasteiger partial charge in [0.25, 0.3) is 0 Å². The average molecular weight is 468 g/mol. The van der Waals surface area contributed by atoms with Crippen molar-refractivity contribution in [2.45, 2.75) is 19.4 Å². The molecule has 0 saturated carbocycles. The number of anilines is 1. The van der Waals surface area contributed by atoms with Gasteiger partial charge in [-0.15, -0.1) is 0 Å². The molecule has 8 heteroatoms. The quantitative estimate of drug-likeness (QED) is 0.524. The summed E-state index contributed by atoms with van der Waals surface area (Å²) in [6.07, 6.45) is 1.62. The summed E-state index contributed by atoms with van der Waals surface area (Å²) in [6.45, 7) is 1.53. The minimum absolute atomic E-state index is 0.282. The number of hydrogen-bond acceptors (Lipinski definition) is 4. The summed E-state index contributed by atoms with van der Waals surface area (Å²) in [5.74, 6) is -0.757. The zero-order chi connectivity index (χ0) is 24.0. The van der Waals surface area contributed by atoms with Gasteiger partial charge in [-0.2, -0.15) is 0 Å². The van der Waals surface area contributed by atoms with Crippen LogP contribution < -0.4 is 9.62 Å². The number of likely N-dealkylation sites (N-methyl/N-ethyl adjacent to an activating group) is 1. The van der Waals surface area contributed by atoms with Crippen LogP contribution in [0.2, 0.25) is 0 Å².